The van der Waals surface area contributed by atoms with Crippen LogP contribution in [0, 0.1) is 6.92 Å². The van der Waals surface area contributed by atoms with Crippen molar-refractivity contribution in [3.63, 3.8) is 0 Å². The van der Waals surface area contributed by atoms with Crippen LogP contribution in [0.15, 0.2) is 95.9 Å². The molecule has 1 unspecified atom stereocenters. The van der Waals surface area contributed by atoms with Gasteiger partial charge in [-0.25, -0.2) is 8.42 Å². The number of benzene rings is 3. The highest BCUT2D eigenvalue weighted by Crippen LogP contribution is 2.31. The van der Waals surface area contributed by atoms with Gasteiger partial charge in [-0.2, -0.15) is 4.31 Å². The van der Waals surface area contributed by atoms with Crippen LogP contribution in [-0.2, 0) is 10.0 Å². The predicted molar refractivity (Wildman–Crippen MR) is 118 cm³/mol. The number of nitrogens with zero attached hydrogens (tertiary/aromatic N) is 1. The minimum atomic E-state index is -3.53. The lowest BCUT2D eigenvalue weighted by Gasteiger charge is -2.23. The van der Waals surface area contributed by atoms with Crippen molar-refractivity contribution in [1.29, 1.82) is 0 Å². The van der Waals surface area contributed by atoms with E-state index in [1.54, 1.807) is 16.4 Å². The molecule has 29 heavy (non-hydrogen) atoms. The van der Waals surface area contributed by atoms with Crippen molar-refractivity contribution < 1.29 is 8.42 Å². The molecule has 148 valence electrons. The third kappa shape index (κ3) is 4.19. The Hall–Kier alpha value is -2.69. The fourth-order valence-corrected chi connectivity index (χ4v) is 5.51. The van der Waals surface area contributed by atoms with Crippen LogP contribution in [0.3, 0.4) is 0 Å². The molecule has 0 spiro atoms. The molecule has 4 rings (SSSR count). The lowest BCUT2D eigenvalue weighted by molar-refractivity contribution is 0.433. The van der Waals surface area contributed by atoms with Gasteiger partial charge in [-0.3, -0.25) is 0 Å². The molecular weight excluding hydrogens is 378 g/mol. The minimum absolute atomic E-state index is 0.156. The standard InChI is InChI=1S/C25H25NO2S/c1-20-14-16-24(17-15-20)29(27,28)26-18-8-13-23(26)19-25(21-9-4-2-5-10-21)22-11-6-3-7-12-22/h2-7,9-12,14-17,19,23H,8,13,18H2,1H3. The Kier molecular flexibility index (Phi) is 5.65. The molecule has 0 bridgehead atoms. The highest BCUT2D eigenvalue weighted by atomic mass is 32.2. The Morgan fingerprint density at radius 3 is 1.97 bits per heavy atom. The zero-order valence-electron chi connectivity index (χ0n) is 16.5. The van der Waals surface area contributed by atoms with Gasteiger partial charge < -0.3 is 0 Å². The third-order valence-electron chi connectivity index (χ3n) is 5.40. The zero-order valence-corrected chi connectivity index (χ0v) is 17.3. The Morgan fingerprint density at radius 2 is 1.41 bits per heavy atom. The molecule has 1 heterocycles. The van der Waals surface area contributed by atoms with E-state index in [-0.39, 0.29) is 6.04 Å². The third-order valence-corrected chi connectivity index (χ3v) is 7.34. The zero-order chi connectivity index (χ0) is 20.3. The highest BCUT2D eigenvalue weighted by molar-refractivity contribution is 7.89. The molecule has 0 N–H and O–H groups in total. The molecule has 1 fully saturated rings. The smallest absolute Gasteiger partial charge is 0.207 e. The summed E-state index contributed by atoms with van der Waals surface area (Å²) < 4.78 is 28.3. The maximum Gasteiger partial charge on any atom is 0.243 e. The van der Waals surface area contributed by atoms with Gasteiger partial charge in [0.25, 0.3) is 0 Å². The van der Waals surface area contributed by atoms with Crippen molar-refractivity contribution in [1.82, 2.24) is 4.31 Å². The summed E-state index contributed by atoms with van der Waals surface area (Å²) in [6, 6.07) is 27.3. The second kappa shape index (κ2) is 8.36. The van der Waals surface area contributed by atoms with Gasteiger partial charge in [0.2, 0.25) is 10.0 Å². The van der Waals surface area contributed by atoms with E-state index in [4.69, 9.17) is 0 Å². The number of rotatable bonds is 5. The lowest BCUT2D eigenvalue weighted by Crippen LogP contribution is -2.34. The molecule has 0 amide bonds. The maximum absolute atomic E-state index is 13.3. The van der Waals surface area contributed by atoms with Crippen LogP contribution < -0.4 is 0 Å². The van der Waals surface area contributed by atoms with Crippen LogP contribution in [0.2, 0.25) is 0 Å². The maximum atomic E-state index is 13.3. The summed E-state index contributed by atoms with van der Waals surface area (Å²) >= 11 is 0. The Labute approximate surface area is 173 Å². The first-order valence-corrected chi connectivity index (χ1v) is 11.4. The van der Waals surface area contributed by atoms with Gasteiger partial charge in [0.05, 0.1) is 4.90 Å². The summed E-state index contributed by atoms with van der Waals surface area (Å²) in [7, 11) is -3.53. The summed E-state index contributed by atoms with van der Waals surface area (Å²) in [5, 5.41) is 0. The van der Waals surface area contributed by atoms with E-state index in [2.05, 4.69) is 30.3 Å². The van der Waals surface area contributed by atoms with Gasteiger partial charge >= 0.3 is 0 Å². The summed E-state index contributed by atoms with van der Waals surface area (Å²) in [6.07, 6.45) is 3.82. The molecule has 0 aromatic heterocycles. The van der Waals surface area contributed by atoms with Gasteiger partial charge in [0.15, 0.2) is 0 Å². The van der Waals surface area contributed by atoms with Crippen molar-refractivity contribution in [3.05, 3.63) is 108 Å². The monoisotopic (exact) mass is 403 g/mol. The minimum Gasteiger partial charge on any atom is -0.207 e. The van der Waals surface area contributed by atoms with Crippen molar-refractivity contribution in [3.8, 4) is 0 Å². The van der Waals surface area contributed by atoms with E-state index in [0.717, 1.165) is 35.1 Å². The van der Waals surface area contributed by atoms with Crippen LogP contribution in [0.25, 0.3) is 5.57 Å². The number of hydrogen-bond donors (Lipinski definition) is 0. The molecule has 0 radical (unpaired) electrons. The van der Waals surface area contributed by atoms with Gasteiger partial charge in [0, 0.05) is 12.6 Å². The number of hydrogen-bond acceptors (Lipinski definition) is 2. The van der Waals surface area contributed by atoms with Gasteiger partial charge in [-0.1, -0.05) is 84.4 Å². The quantitative estimate of drug-likeness (QED) is 0.581. The molecule has 3 nitrogen and oxygen atoms in total. The van der Waals surface area contributed by atoms with E-state index in [1.165, 1.54) is 0 Å². The van der Waals surface area contributed by atoms with E-state index >= 15 is 0 Å². The first kappa shape index (κ1) is 19.6. The molecule has 3 aromatic rings. The van der Waals surface area contributed by atoms with Crippen LogP contribution in [0.5, 0.6) is 0 Å². The number of aryl methyl sites for hydroxylation is 1. The summed E-state index contributed by atoms with van der Waals surface area (Å²) in [6.45, 7) is 2.51. The largest absolute Gasteiger partial charge is 0.243 e. The lowest BCUT2D eigenvalue weighted by atomic mass is 9.95. The van der Waals surface area contributed by atoms with Crippen LogP contribution in [-0.4, -0.2) is 25.3 Å². The van der Waals surface area contributed by atoms with Crippen LogP contribution >= 0.6 is 0 Å². The molecule has 1 saturated heterocycles. The average molecular weight is 404 g/mol. The first-order chi connectivity index (χ1) is 14.1. The van der Waals surface area contributed by atoms with Crippen molar-refractivity contribution in [2.75, 3.05) is 6.54 Å². The summed E-state index contributed by atoms with van der Waals surface area (Å²) in [4.78, 5) is 0.365. The van der Waals surface area contributed by atoms with Gasteiger partial charge in [-0.15, -0.1) is 0 Å². The highest BCUT2D eigenvalue weighted by Gasteiger charge is 2.34. The average Bonchev–Trinajstić information content (AvgIpc) is 3.23. The topological polar surface area (TPSA) is 37.4 Å². The van der Waals surface area contributed by atoms with E-state index in [0.29, 0.717) is 11.4 Å². The Balaban J connectivity index is 1.75. The normalized spacial score (nSPS) is 17.2. The summed E-state index contributed by atoms with van der Waals surface area (Å²) in [5.74, 6) is 0. The summed E-state index contributed by atoms with van der Waals surface area (Å²) in [5.41, 5.74) is 4.32. The van der Waals surface area contributed by atoms with Crippen molar-refractivity contribution in [2.24, 2.45) is 0 Å². The van der Waals surface area contributed by atoms with E-state index < -0.39 is 10.0 Å². The molecule has 0 saturated carbocycles. The SMILES string of the molecule is Cc1ccc(S(=O)(=O)N2CCCC2C=C(c2ccccc2)c2ccccc2)cc1. The van der Waals surface area contributed by atoms with E-state index in [1.807, 2.05) is 55.5 Å². The van der Waals surface area contributed by atoms with Crippen LogP contribution in [0.4, 0.5) is 0 Å². The predicted octanol–water partition coefficient (Wildman–Crippen LogP) is 5.28. The molecule has 4 heteroatoms. The van der Waals surface area contributed by atoms with Crippen molar-refractivity contribution in [2.45, 2.75) is 30.7 Å². The Bertz CT molecular complexity index is 1050. The molecule has 0 aliphatic carbocycles. The Morgan fingerprint density at radius 1 is 0.862 bits per heavy atom. The van der Waals surface area contributed by atoms with Gasteiger partial charge in [-0.05, 0) is 48.6 Å². The molecule has 1 atom stereocenters. The second-order valence-electron chi connectivity index (χ2n) is 7.45. The van der Waals surface area contributed by atoms with Crippen molar-refractivity contribution >= 4 is 15.6 Å². The molecular formula is C25H25NO2S. The number of sulfonamides is 1. The molecule has 3 aromatic carbocycles. The molecule has 1 aliphatic rings. The van der Waals surface area contributed by atoms with Crippen LogP contribution in [0.1, 0.15) is 29.5 Å². The first-order valence-electron chi connectivity index (χ1n) is 9.97. The van der Waals surface area contributed by atoms with E-state index in [9.17, 15) is 8.42 Å². The fourth-order valence-electron chi connectivity index (χ4n) is 3.86. The molecule has 1 aliphatic heterocycles. The second-order valence-corrected chi connectivity index (χ2v) is 9.34. The van der Waals surface area contributed by atoms with Gasteiger partial charge in [0.1, 0.15) is 0 Å². The fraction of sp³-hybridized carbons (Fsp3) is 0.200.